The number of nitrogens with zero attached hydrogens (tertiary/aromatic N) is 2. The molecule has 0 amide bonds. The molecular weight excluding hydrogens is 356 g/mol. The van der Waals surface area contributed by atoms with Gasteiger partial charge in [0.1, 0.15) is 6.04 Å². The monoisotopic (exact) mass is 374 g/mol. The molecule has 2 aliphatic heterocycles. The first-order valence-corrected chi connectivity index (χ1v) is 8.92. The van der Waals surface area contributed by atoms with Gasteiger partial charge in [-0.25, -0.2) is 0 Å². The molecule has 0 aromatic heterocycles. The highest BCUT2D eigenvalue weighted by atomic mass is 16.7. The maximum absolute atomic E-state index is 10.0. The second-order valence-electron chi connectivity index (χ2n) is 6.79. The standard InChI is InChI=1S/C22H18N2O4/c1-24-16(10-23)20-13(6-7-17(25-2)22(20)26-3)14-5-4-12-8-18-19(28-11-27-18)9-15(12)21(14)24/h4-9,16H,11H2,1-3H3/t16-/m0/s1. The molecule has 140 valence electrons. The Morgan fingerprint density at radius 1 is 1.04 bits per heavy atom. The molecule has 2 aliphatic rings. The van der Waals surface area contributed by atoms with E-state index in [9.17, 15) is 5.26 Å². The number of anilines is 1. The van der Waals surface area contributed by atoms with Gasteiger partial charge in [0.2, 0.25) is 6.79 Å². The van der Waals surface area contributed by atoms with Crippen LogP contribution in [0.3, 0.4) is 0 Å². The number of benzene rings is 3. The first-order valence-electron chi connectivity index (χ1n) is 8.92. The number of hydrogen-bond donors (Lipinski definition) is 0. The van der Waals surface area contributed by atoms with E-state index in [1.165, 1.54) is 0 Å². The van der Waals surface area contributed by atoms with Crippen molar-refractivity contribution in [1.82, 2.24) is 0 Å². The predicted molar refractivity (Wildman–Crippen MR) is 105 cm³/mol. The van der Waals surface area contributed by atoms with E-state index in [-0.39, 0.29) is 6.79 Å². The SMILES string of the molecule is COc1ccc2c(c1OC)[C@H](C#N)N(C)c1c-2ccc2cc3c(cc12)OCO3. The molecular formula is C22H18N2O4. The summed E-state index contributed by atoms with van der Waals surface area (Å²) in [6.45, 7) is 0.227. The van der Waals surface area contributed by atoms with Crippen molar-refractivity contribution in [3.8, 4) is 40.2 Å². The highest BCUT2D eigenvalue weighted by molar-refractivity contribution is 6.06. The van der Waals surface area contributed by atoms with E-state index in [0.717, 1.165) is 44.6 Å². The molecule has 6 nitrogen and oxygen atoms in total. The summed E-state index contributed by atoms with van der Waals surface area (Å²) < 4.78 is 22.2. The number of nitriles is 1. The second kappa shape index (κ2) is 5.96. The van der Waals surface area contributed by atoms with Crippen LogP contribution in [0.4, 0.5) is 5.69 Å². The fourth-order valence-electron chi connectivity index (χ4n) is 4.23. The molecule has 0 saturated carbocycles. The fourth-order valence-corrected chi connectivity index (χ4v) is 4.23. The van der Waals surface area contributed by atoms with Crippen molar-refractivity contribution >= 4 is 16.5 Å². The average Bonchev–Trinajstić information content (AvgIpc) is 3.18. The second-order valence-corrected chi connectivity index (χ2v) is 6.79. The van der Waals surface area contributed by atoms with E-state index in [1.54, 1.807) is 14.2 Å². The Morgan fingerprint density at radius 3 is 2.50 bits per heavy atom. The van der Waals surface area contributed by atoms with Crippen molar-refractivity contribution in [3.63, 3.8) is 0 Å². The third-order valence-corrected chi connectivity index (χ3v) is 5.49. The molecule has 0 spiro atoms. The zero-order valence-corrected chi connectivity index (χ0v) is 15.8. The van der Waals surface area contributed by atoms with E-state index in [2.05, 4.69) is 18.2 Å². The highest BCUT2D eigenvalue weighted by Crippen LogP contribution is 2.53. The lowest BCUT2D eigenvalue weighted by Gasteiger charge is -2.36. The van der Waals surface area contributed by atoms with Crippen molar-refractivity contribution in [2.45, 2.75) is 6.04 Å². The van der Waals surface area contributed by atoms with Crippen LogP contribution in [0.25, 0.3) is 21.9 Å². The van der Waals surface area contributed by atoms with E-state index in [4.69, 9.17) is 18.9 Å². The first-order chi connectivity index (χ1) is 13.7. The molecule has 0 unspecified atom stereocenters. The Kier molecular flexibility index (Phi) is 3.53. The van der Waals surface area contributed by atoms with Gasteiger partial charge in [-0.1, -0.05) is 12.1 Å². The van der Waals surface area contributed by atoms with Crippen molar-refractivity contribution in [3.05, 3.63) is 42.0 Å². The number of fused-ring (bicyclic) bond motifs is 6. The van der Waals surface area contributed by atoms with Crippen LogP contribution in [0.5, 0.6) is 23.0 Å². The van der Waals surface area contributed by atoms with Crippen molar-refractivity contribution in [2.24, 2.45) is 0 Å². The van der Waals surface area contributed by atoms with E-state index < -0.39 is 6.04 Å². The Morgan fingerprint density at radius 2 is 1.79 bits per heavy atom. The third kappa shape index (κ3) is 2.07. The molecule has 0 fully saturated rings. The van der Waals surface area contributed by atoms with E-state index in [0.29, 0.717) is 11.5 Å². The molecule has 0 radical (unpaired) electrons. The van der Waals surface area contributed by atoms with Gasteiger partial charge in [0, 0.05) is 23.6 Å². The normalized spacial score (nSPS) is 16.4. The van der Waals surface area contributed by atoms with Crippen molar-refractivity contribution in [1.29, 1.82) is 5.26 Å². The zero-order chi connectivity index (χ0) is 19.4. The fraction of sp³-hybridized carbons (Fsp3) is 0.227. The van der Waals surface area contributed by atoms with Gasteiger partial charge >= 0.3 is 0 Å². The highest BCUT2D eigenvalue weighted by Gasteiger charge is 2.34. The molecule has 0 saturated heterocycles. The Hall–Kier alpha value is -3.59. The molecule has 3 aromatic rings. The van der Waals surface area contributed by atoms with Gasteiger partial charge < -0.3 is 23.8 Å². The maximum Gasteiger partial charge on any atom is 0.231 e. The summed E-state index contributed by atoms with van der Waals surface area (Å²) in [7, 11) is 5.13. The molecule has 0 N–H and O–H groups in total. The number of ether oxygens (including phenoxy) is 4. The van der Waals surface area contributed by atoms with Crippen LogP contribution >= 0.6 is 0 Å². The lowest BCUT2D eigenvalue weighted by atomic mass is 9.86. The topological polar surface area (TPSA) is 64.0 Å². The quantitative estimate of drug-likeness (QED) is 0.668. The number of hydrogen-bond acceptors (Lipinski definition) is 6. The Bertz CT molecular complexity index is 1170. The van der Waals surface area contributed by atoms with E-state index >= 15 is 0 Å². The number of rotatable bonds is 2. The lowest BCUT2D eigenvalue weighted by Crippen LogP contribution is -2.28. The predicted octanol–water partition coefficient (Wildman–Crippen LogP) is 4.27. The summed E-state index contributed by atoms with van der Waals surface area (Å²) in [6, 6.07) is 13.9. The van der Waals surface area contributed by atoms with Crippen LogP contribution in [0, 0.1) is 11.3 Å². The van der Waals surface area contributed by atoms with Crippen LogP contribution in [-0.2, 0) is 0 Å². The lowest BCUT2D eigenvalue weighted by molar-refractivity contribution is 0.174. The molecule has 3 aromatic carbocycles. The van der Waals surface area contributed by atoms with Gasteiger partial charge in [0.15, 0.2) is 23.0 Å². The van der Waals surface area contributed by atoms with Gasteiger partial charge in [-0.05, 0) is 35.2 Å². The minimum absolute atomic E-state index is 0.227. The van der Waals surface area contributed by atoms with Crippen LogP contribution in [0.15, 0.2) is 36.4 Å². The number of methoxy groups -OCH3 is 2. The zero-order valence-electron chi connectivity index (χ0n) is 15.8. The van der Waals surface area contributed by atoms with Crippen molar-refractivity contribution < 1.29 is 18.9 Å². The summed E-state index contributed by atoms with van der Waals surface area (Å²) in [4.78, 5) is 1.99. The smallest absolute Gasteiger partial charge is 0.231 e. The maximum atomic E-state index is 10.0. The van der Waals surface area contributed by atoms with Crippen LogP contribution in [-0.4, -0.2) is 28.1 Å². The largest absolute Gasteiger partial charge is 0.493 e. The van der Waals surface area contributed by atoms with Crippen LogP contribution in [0.2, 0.25) is 0 Å². The molecule has 6 heteroatoms. The minimum Gasteiger partial charge on any atom is -0.493 e. The summed E-state index contributed by atoms with van der Waals surface area (Å²) >= 11 is 0. The van der Waals surface area contributed by atoms with Gasteiger partial charge in [-0.3, -0.25) is 0 Å². The summed E-state index contributed by atoms with van der Waals surface area (Å²) in [5, 5.41) is 12.1. The van der Waals surface area contributed by atoms with E-state index in [1.807, 2.05) is 36.2 Å². The molecule has 2 heterocycles. The first kappa shape index (κ1) is 16.6. The minimum atomic E-state index is -0.511. The van der Waals surface area contributed by atoms with Gasteiger partial charge in [0.05, 0.1) is 26.0 Å². The molecule has 0 aliphatic carbocycles. The van der Waals surface area contributed by atoms with Crippen LogP contribution in [0.1, 0.15) is 11.6 Å². The summed E-state index contributed by atoms with van der Waals surface area (Å²) in [5.74, 6) is 2.67. The summed E-state index contributed by atoms with van der Waals surface area (Å²) in [6.07, 6.45) is 0. The third-order valence-electron chi connectivity index (χ3n) is 5.49. The van der Waals surface area contributed by atoms with Crippen molar-refractivity contribution in [2.75, 3.05) is 33.0 Å². The molecule has 0 bridgehead atoms. The van der Waals surface area contributed by atoms with Gasteiger partial charge in [-0.15, -0.1) is 0 Å². The molecule has 5 rings (SSSR count). The van der Waals surface area contributed by atoms with Gasteiger partial charge in [0.25, 0.3) is 0 Å². The average molecular weight is 374 g/mol. The Balaban J connectivity index is 1.86. The molecule has 28 heavy (non-hydrogen) atoms. The molecule has 1 atom stereocenters. The summed E-state index contributed by atoms with van der Waals surface area (Å²) in [5.41, 5.74) is 3.81. The van der Waals surface area contributed by atoms with Crippen LogP contribution < -0.4 is 23.8 Å². The van der Waals surface area contributed by atoms with Gasteiger partial charge in [-0.2, -0.15) is 5.26 Å². The Labute approximate surface area is 162 Å².